The van der Waals surface area contributed by atoms with E-state index in [4.69, 9.17) is 4.74 Å². The van der Waals surface area contributed by atoms with Gasteiger partial charge in [-0.05, 0) is 48.4 Å². The molecule has 2 fully saturated rings. The van der Waals surface area contributed by atoms with Gasteiger partial charge in [-0.15, -0.1) is 0 Å². The number of esters is 1. The fourth-order valence-corrected chi connectivity index (χ4v) is 4.26. The summed E-state index contributed by atoms with van der Waals surface area (Å²) in [5.41, 5.74) is 0. The summed E-state index contributed by atoms with van der Waals surface area (Å²) in [6.45, 7) is -0.396. The van der Waals surface area contributed by atoms with E-state index in [1.807, 2.05) is 0 Å². The summed E-state index contributed by atoms with van der Waals surface area (Å²) in [6, 6.07) is 0. The first-order valence-electron chi connectivity index (χ1n) is 7.57. The lowest BCUT2D eigenvalue weighted by molar-refractivity contribution is -0.380. The fourth-order valence-electron chi connectivity index (χ4n) is 3.61. The van der Waals surface area contributed by atoms with Crippen molar-refractivity contribution in [3.63, 3.8) is 0 Å². The Labute approximate surface area is 136 Å². The molecule has 2 aliphatic carbocycles. The molecular weight excluding hydrogens is 322 g/mol. The quantitative estimate of drug-likeness (QED) is 0.484. The first kappa shape index (κ1) is 15.9. The third kappa shape index (κ3) is 3.84. The van der Waals surface area contributed by atoms with Gasteiger partial charge in [0.15, 0.2) is 11.7 Å². The summed E-state index contributed by atoms with van der Waals surface area (Å²) in [7, 11) is 0. The second kappa shape index (κ2) is 6.61. The largest absolute Gasteiger partial charge is 0.456 e. The van der Waals surface area contributed by atoms with Crippen LogP contribution < -0.4 is 5.32 Å². The molecule has 1 aromatic rings. The zero-order valence-corrected chi connectivity index (χ0v) is 13.2. The number of anilines is 1. The van der Waals surface area contributed by atoms with Gasteiger partial charge >= 0.3 is 11.0 Å². The van der Waals surface area contributed by atoms with Crippen LogP contribution >= 0.6 is 11.3 Å². The maximum atomic E-state index is 11.8. The van der Waals surface area contributed by atoms with Gasteiger partial charge in [0.25, 0.3) is 5.91 Å². The van der Waals surface area contributed by atoms with E-state index in [0.717, 1.165) is 29.9 Å². The highest BCUT2D eigenvalue weighted by Gasteiger charge is 2.40. The molecule has 2 aliphatic rings. The molecule has 9 heteroatoms. The van der Waals surface area contributed by atoms with Crippen molar-refractivity contribution >= 4 is 33.3 Å². The molecule has 0 aromatic carbocycles. The van der Waals surface area contributed by atoms with Crippen molar-refractivity contribution in [3.05, 3.63) is 16.3 Å². The number of ether oxygens (including phenoxy) is 1. The molecule has 8 nitrogen and oxygen atoms in total. The molecular formula is C14H17N3O5S. The summed E-state index contributed by atoms with van der Waals surface area (Å²) >= 11 is 0.755. The van der Waals surface area contributed by atoms with Gasteiger partial charge in [0.2, 0.25) is 0 Å². The average Bonchev–Trinajstić information content (AvgIpc) is 3.21. The smallest absolute Gasteiger partial charge is 0.345 e. The number of thiazole rings is 1. The van der Waals surface area contributed by atoms with Crippen LogP contribution in [0.3, 0.4) is 0 Å². The molecule has 0 aliphatic heterocycles. The van der Waals surface area contributed by atoms with Crippen molar-refractivity contribution in [2.45, 2.75) is 32.1 Å². The van der Waals surface area contributed by atoms with Crippen molar-refractivity contribution in [1.82, 2.24) is 4.98 Å². The second-order valence-electron chi connectivity index (χ2n) is 6.11. The van der Waals surface area contributed by atoms with Crippen molar-refractivity contribution in [2.75, 3.05) is 11.9 Å². The summed E-state index contributed by atoms with van der Waals surface area (Å²) in [5, 5.41) is 12.9. The molecule has 1 aromatic heterocycles. The summed E-state index contributed by atoms with van der Waals surface area (Å²) in [6.07, 6.45) is 6.24. The first-order chi connectivity index (χ1) is 11.0. The molecule has 0 radical (unpaired) electrons. The Kier molecular flexibility index (Phi) is 4.56. The van der Waals surface area contributed by atoms with Gasteiger partial charge in [-0.3, -0.25) is 25.0 Å². The number of nitro groups is 1. The van der Waals surface area contributed by atoms with E-state index < -0.39 is 17.4 Å². The van der Waals surface area contributed by atoms with E-state index in [0.29, 0.717) is 18.3 Å². The Morgan fingerprint density at radius 1 is 1.43 bits per heavy atom. The van der Waals surface area contributed by atoms with Crippen LogP contribution in [0.5, 0.6) is 0 Å². The lowest BCUT2D eigenvalue weighted by atomic mass is 9.86. The Bertz CT molecular complexity index is 632. The van der Waals surface area contributed by atoms with E-state index in [1.165, 1.54) is 19.3 Å². The Hall–Kier alpha value is -2.03. The van der Waals surface area contributed by atoms with Gasteiger partial charge < -0.3 is 4.74 Å². The van der Waals surface area contributed by atoms with Gasteiger partial charge in [-0.1, -0.05) is 6.42 Å². The molecule has 0 saturated heterocycles. The topological polar surface area (TPSA) is 111 Å². The lowest BCUT2D eigenvalue weighted by Gasteiger charge is -2.20. The Balaban J connectivity index is 1.39. The van der Waals surface area contributed by atoms with Crippen LogP contribution in [0, 0.1) is 27.9 Å². The number of nitrogens with zero attached hydrogens (tertiary/aromatic N) is 2. The van der Waals surface area contributed by atoms with Crippen LogP contribution in [0.4, 0.5) is 10.1 Å². The lowest BCUT2D eigenvalue weighted by Crippen LogP contribution is -2.23. The first-order valence-corrected chi connectivity index (χ1v) is 8.38. The molecule has 2 bridgehead atoms. The van der Waals surface area contributed by atoms with Gasteiger partial charge in [-0.25, -0.2) is 4.98 Å². The van der Waals surface area contributed by atoms with Crippen molar-refractivity contribution < 1.29 is 19.2 Å². The predicted octanol–water partition coefficient (Wildman–Crippen LogP) is 2.36. The summed E-state index contributed by atoms with van der Waals surface area (Å²) in [5.74, 6) is 0.892. The standard InChI is InChI=1S/C14H17N3O5S/c18-11(16-14-15-6-12(23-14)17(20)21)7-22-13(19)5-10-4-8-1-2-9(10)3-8/h6,8-10H,1-5,7H2,(H,15,16,18). The molecule has 1 amide bonds. The molecule has 3 rings (SSSR count). The third-order valence-corrected chi connectivity index (χ3v) is 5.46. The SMILES string of the molecule is O=C(COC(=O)CC1CC2CCC1C2)Nc1ncc([N+](=O)[O-])s1. The van der Waals surface area contributed by atoms with Crippen LogP contribution in [-0.2, 0) is 14.3 Å². The molecule has 23 heavy (non-hydrogen) atoms. The predicted molar refractivity (Wildman–Crippen MR) is 81.9 cm³/mol. The number of carbonyl (C=O) groups excluding carboxylic acids is 2. The number of rotatable bonds is 6. The molecule has 2 saturated carbocycles. The van der Waals surface area contributed by atoms with Crippen LogP contribution in [0.25, 0.3) is 0 Å². The summed E-state index contributed by atoms with van der Waals surface area (Å²) < 4.78 is 4.99. The van der Waals surface area contributed by atoms with E-state index in [9.17, 15) is 19.7 Å². The van der Waals surface area contributed by atoms with E-state index in [1.54, 1.807) is 0 Å². The number of fused-ring (bicyclic) bond motifs is 2. The number of aromatic nitrogens is 1. The number of nitrogens with one attached hydrogen (secondary N) is 1. The molecule has 124 valence electrons. The molecule has 0 spiro atoms. The highest BCUT2D eigenvalue weighted by Crippen LogP contribution is 2.49. The zero-order chi connectivity index (χ0) is 16.4. The highest BCUT2D eigenvalue weighted by molar-refractivity contribution is 7.18. The van der Waals surface area contributed by atoms with Gasteiger partial charge in [0.05, 0.1) is 4.92 Å². The van der Waals surface area contributed by atoms with Crippen LogP contribution in [0.1, 0.15) is 32.1 Å². The second-order valence-corrected chi connectivity index (χ2v) is 7.12. The third-order valence-electron chi connectivity index (χ3n) is 4.60. The summed E-state index contributed by atoms with van der Waals surface area (Å²) in [4.78, 5) is 37.2. The highest BCUT2D eigenvalue weighted by atomic mass is 32.1. The fraction of sp³-hybridized carbons (Fsp3) is 0.643. The maximum absolute atomic E-state index is 11.8. The van der Waals surface area contributed by atoms with Gasteiger partial charge in [0.1, 0.15) is 6.20 Å². The van der Waals surface area contributed by atoms with Crippen LogP contribution in [-0.4, -0.2) is 28.4 Å². The monoisotopic (exact) mass is 339 g/mol. The van der Waals surface area contributed by atoms with Crippen LogP contribution in [0.15, 0.2) is 6.20 Å². The van der Waals surface area contributed by atoms with E-state index in [2.05, 4.69) is 10.3 Å². The van der Waals surface area contributed by atoms with E-state index >= 15 is 0 Å². The number of carbonyl (C=O) groups is 2. The number of hydrogen-bond donors (Lipinski definition) is 1. The molecule has 3 atom stereocenters. The van der Waals surface area contributed by atoms with Crippen molar-refractivity contribution in [2.24, 2.45) is 17.8 Å². The average molecular weight is 339 g/mol. The minimum Gasteiger partial charge on any atom is -0.456 e. The van der Waals surface area contributed by atoms with E-state index in [-0.39, 0.29) is 16.1 Å². The Morgan fingerprint density at radius 3 is 2.87 bits per heavy atom. The maximum Gasteiger partial charge on any atom is 0.345 e. The minimum atomic E-state index is -0.581. The normalized spacial score (nSPS) is 25.3. The number of hydrogen-bond acceptors (Lipinski definition) is 7. The molecule has 1 heterocycles. The minimum absolute atomic E-state index is 0.117. The number of amides is 1. The van der Waals surface area contributed by atoms with Crippen LogP contribution in [0.2, 0.25) is 0 Å². The zero-order valence-electron chi connectivity index (χ0n) is 12.4. The van der Waals surface area contributed by atoms with Gasteiger partial charge in [0, 0.05) is 6.42 Å². The van der Waals surface area contributed by atoms with Crippen molar-refractivity contribution in [3.8, 4) is 0 Å². The van der Waals surface area contributed by atoms with Gasteiger partial charge in [-0.2, -0.15) is 0 Å². The Morgan fingerprint density at radius 2 is 2.26 bits per heavy atom. The van der Waals surface area contributed by atoms with Crippen molar-refractivity contribution in [1.29, 1.82) is 0 Å². The molecule has 3 unspecified atom stereocenters. The molecule has 1 N–H and O–H groups in total.